The highest BCUT2D eigenvalue weighted by Crippen LogP contribution is 2.32. The summed E-state index contributed by atoms with van der Waals surface area (Å²) < 4.78 is 0. The highest BCUT2D eigenvalue weighted by molar-refractivity contribution is 5.48. The summed E-state index contributed by atoms with van der Waals surface area (Å²) in [5, 5.41) is 1.91. The predicted octanol–water partition coefficient (Wildman–Crippen LogP) is 3.69. The molecule has 0 saturated heterocycles. The second-order valence-electron chi connectivity index (χ2n) is 3.95. The summed E-state index contributed by atoms with van der Waals surface area (Å²) in [5.74, 6) is 0. The van der Waals surface area contributed by atoms with Crippen LogP contribution in [0.1, 0.15) is 11.6 Å². The van der Waals surface area contributed by atoms with Crippen molar-refractivity contribution in [1.29, 1.82) is 0 Å². The fourth-order valence-electron chi connectivity index (χ4n) is 2.01. The van der Waals surface area contributed by atoms with Crippen LogP contribution in [-0.4, -0.2) is 0 Å². The topological polar surface area (TPSA) is 12.5 Å². The number of hydroxylamine groups is 1. The van der Waals surface area contributed by atoms with Crippen molar-refractivity contribution in [1.82, 2.24) is 0 Å². The van der Waals surface area contributed by atoms with Gasteiger partial charge in [0.15, 0.2) is 0 Å². The molecule has 2 aromatic rings. The van der Waals surface area contributed by atoms with Gasteiger partial charge in [0.05, 0.1) is 5.69 Å². The molecule has 0 amide bonds. The lowest BCUT2D eigenvalue weighted by atomic mass is 10.1. The number of benzene rings is 2. The molecule has 3 rings (SSSR count). The van der Waals surface area contributed by atoms with Crippen molar-refractivity contribution in [2.24, 2.45) is 0 Å². The summed E-state index contributed by atoms with van der Waals surface area (Å²) in [6.45, 7) is 0. The van der Waals surface area contributed by atoms with Gasteiger partial charge in [0, 0.05) is 0 Å². The molecule has 0 spiro atoms. The van der Waals surface area contributed by atoms with E-state index in [0.29, 0.717) is 0 Å². The van der Waals surface area contributed by atoms with E-state index in [9.17, 15) is 0 Å². The molecule has 2 heteroatoms. The normalized spacial score (nSPS) is 18.1. The molecule has 0 saturated carbocycles. The highest BCUT2D eigenvalue weighted by Gasteiger charge is 2.23. The van der Waals surface area contributed by atoms with Crippen LogP contribution in [0.4, 0.5) is 5.69 Å². The van der Waals surface area contributed by atoms with Crippen LogP contribution in [0.25, 0.3) is 0 Å². The first-order valence-corrected chi connectivity index (χ1v) is 5.68. The maximum absolute atomic E-state index is 5.56. The Morgan fingerprint density at radius 1 is 0.824 bits per heavy atom. The lowest BCUT2D eigenvalue weighted by Gasteiger charge is -2.24. The summed E-state index contributed by atoms with van der Waals surface area (Å²) in [4.78, 5) is 5.56. The van der Waals surface area contributed by atoms with E-state index in [1.807, 2.05) is 53.6 Å². The van der Waals surface area contributed by atoms with Gasteiger partial charge >= 0.3 is 0 Å². The van der Waals surface area contributed by atoms with Gasteiger partial charge in [0.2, 0.25) is 0 Å². The summed E-state index contributed by atoms with van der Waals surface area (Å²) in [5.41, 5.74) is 2.29. The minimum Gasteiger partial charge on any atom is -0.387 e. The van der Waals surface area contributed by atoms with Crippen molar-refractivity contribution in [2.45, 2.75) is 6.04 Å². The predicted molar refractivity (Wildman–Crippen MR) is 68.3 cm³/mol. The minimum absolute atomic E-state index is 0.151. The highest BCUT2D eigenvalue weighted by atomic mass is 16.7. The van der Waals surface area contributed by atoms with E-state index in [1.54, 1.807) is 6.26 Å². The molecule has 0 bridgehead atoms. The quantitative estimate of drug-likeness (QED) is 0.769. The average Bonchev–Trinajstić information content (AvgIpc) is 2.90. The van der Waals surface area contributed by atoms with Crippen LogP contribution in [0.15, 0.2) is 73.0 Å². The third-order valence-electron chi connectivity index (χ3n) is 2.84. The Morgan fingerprint density at radius 3 is 2.18 bits per heavy atom. The van der Waals surface area contributed by atoms with E-state index in [-0.39, 0.29) is 6.04 Å². The maximum Gasteiger partial charge on any atom is 0.118 e. The summed E-state index contributed by atoms with van der Waals surface area (Å²) >= 11 is 0. The molecule has 1 aliphatic heterocycles. The van der Waals surface area contributed by atoms with E-state index >= 15 is 0 Å². The molecule has 17 heavy (non-hydrogen) atoms. The molecule has 0 fully saturated rings. The van der Waals surface area contributed by atoms with E-state index in [2.05, 4.69) is 18.2 Å². The first-order valence-electron chi connectivity index (χ1n) is 5.68. The van der Waals surface area contributed by atoms with Crippen molar-refractivity contribution < 1.29 is 4.84 Å². The third-order valence-corrected chi connectivity index (χ3v) is 2.84. The van der Waals surface area contributed by atoms with Crippen LogP contribution in [0, 0.1) is 0 Å². The standard InChI is InChI=1S/C15H13NO/c1-3-7-13(8-4-1)15-11-12-17-16(15)14-9-5-2-6-10-14/h1-12,15H. The van der Waals surface area contributed by atoms with Crippen molar-refractivity contribution in [3.8, 4) is 0 Å². The van der Waals surface area contributed by atoms with Gasteiger partial charge in [-0.15, -0.1) is 0 Å². The summed E-state index contributed by atoms with van der Waals surface area (Å²) in [6, 6.07) is 20.6. The van der Waals surface area contributed by atoms with Crippen molar-refractivity contribution in [2.75, 3.05) is 5.06 Å². The Morgan fingerprint density at radius 2 is 1.47 bits per heavy atom. The monoisotopic (exact) mass is 223 g/mol. The van der Waals surface area contributed by atoms with Crippen LogP contribution in [0.2, 0.25) is 0 Å². The summed E-state index contributed by atoms with van der Waals surface area (Å²) in [7, 11) is 0. The zero-order chi connectivity index (χ0) is 11.5. The van der Waals surface area contributed by atoms with Crippen molar-refractivity contribution in [3.63, 3.8) is 0 Å². The second kappa shape index (κ2) is 4.34. The minimum atomic E-state index is 0.151. The fraction of sp³-hybridized carbons (Fsp3) is 0.0667. The van der Waals surface area contributed by atoms with Gasteiger partial charge in [-0.2, -0.15) is 5.06 Å². The number of anilines is 1. The number of rotatable bonds is 2. The Bertz CT molecular complexity index is 507. The zero-order valence-corrected chi connectivity index (χ0v) is 9.36. The Labute approximate surface area is 101 Å². The van der Waals surface area contributed by atoms with E-state index in [0.717, 1.165) is 5.69 Å². The van der Waals surface area contributed by atoms with Gasteiger partial charge < -0.3 is 4.84 Å². The molecule has 2 nitrogen and oxygen atoms in total. The smallest absolute Gasteiger partial charge is 0.118 e. The molecule has 1 atom stereocenters. The van der Waals surface area contributed by atoms with Crippen molar-refractivity contribution in [3.05, 3.63) is 78.6 Å². The average molecular weight is 223 g/mol. The first kappa shape index (κ1) is 9.97. The second-order valence-corrected chi connectivity index (χ2v) is 3.95. The van der Waals surface area contributed by atoms with Gasteiger partial charge in [-0.3, -0.25) is 0 Å². The molecule has 0 aliphatic carbocycles. The molecular weight excluding hydrogens is 210 g/mol. The Hall–Kier alpha value is -2.22. The maximum atomic E-state index is 5.56. The van der Waals surface area contributed by atoms with Crippen LogP contribution in [0.3, 0.4) is 0 Å². The Kier molecular flexibility index (Phi) is 2.54. The van der Waals surface area contributed by atoms with E-state index in [1.165, 1.54) is 5.56 Å². The van der Waals surface area contributed by atoms with Gasteiger partial charge in [-0.05, 0) is 23.8 Å². The Balaban J connectivity index is 1.93. The van der Waals surface area contributed by atoms with Crippen molar-refractivity contribution >= 4 is 5.69 Å². The third kappa shape index (κ3) is 1.89. The lowest BCUT2D eigenvalue weighted by Crippen LogP contribution is -2.21. The van der Waals surface area contributed by atoms with Crippen LogP contribution in [0.5, 0.6) is 0 Å². The molecule has 1 aliphatic rings. The van der Waals surface area contributed by atoms with Gasteiger partial charge in [-0.1, -0.05) is 48.5 Å². The number of hydrogen-bond donors (Lipinski definition) is 0. The van der Waals surface area contributed by atoms with Crippen LogP contribution in [-0.2, 0) is 4.84 Å². The van der Waals surface area contributed by atoms with Crippen LogP contribution < -0.4 is 5.06 Å². The largest absolute Gasteiger partial charge is 0.387 e. The number of hydrogen-bond acceptors (Lipinski definition) is 2. The van der Waals surface area contributed by atoms with Gasteiger partial charge in [0.25, 0.3) is 0 Å². The van der Waals surface area contributed by atoms with E-state index < -0.39 is 0 Å². The first-order chi connectivity index (χ1) is 8.45. The zero-order valence-electron chi connectivity index (χ0n) is 9.36. The lowest BCUT2D eigenvalue weighted by molar-refractivity contribution is 0.225. The van der Waals surface area contributed by atoms with E-state index in [4.69, 9.17) is 4.84 Å². The molecule has 0 N–H and O–H groups in total. The number of para-hydroxylation sites is 1. The molecule has 1 unspecified atom stereocenters. The van der Waals surface area contributed by atoms with Gasteiger partial charge in [0.1, 0.15) is 12.3 Å². The SMILES string of the molecule is C1=CC(c2ccccc2)N(c2ccccc2)O1. The van der Waals surface area contributed by atoms with Gasteiger partial charge in [-0.25, -0.2) is 0 Å². The molecular formula is C15H13NO. The fourth-order valence-corrected chi connectivity index (χ4v) is 2.01. The molecule has 84 valence electrons. The van der Waals surface area contributed by atoms with Crippen LogP contribution >= 0.6 is 0 Å². The number of nitrogens with zero attached hydrogens (tertiary/aromatic N) is 1. The molecule has 2 aromatic carbocycles. The summed E-state index contributed by atoms with van der Waals surface area (Å²) in [6.07, 6.45) is 3.80. The molecule has 1 heterocycles. The molecule has 0 radical (unpaired) electrons. The molecule has 0 aromatic heterocycles.